The van der Waals surface area contributed by atoms with Crippen molar-refractivity contribution in [2.75, 3.05) is 12.4 Å². The Morgan fingerprint density at radius 1 is 1.38 bits per heavy atom. The lowest BCUT2D eigenvalue weighted by atomic mass is 10.1. The van der Waals surface area contributed by atoms with Crippen LogP contribution in [0.5, 0.6) is 11.6 Å². The van der Waals surface area contributed by atoms with Crippen LogP contribution in [-0.2, 0) is 6.54 Å². The zero-order valence-electron chi connectivity index (χ0n) is 12.2. The van der Waals surface area contributed by atoms with E-state index >= 15 is 0 Å². The zero-order chi connectivity index (χ0) is 15.0. The summed E-state index contributed by atoms with van der Waals surface area (Å²) in [7, 11) is 1.62. The molecule has 6 heteroatoms. The smallest absolute Gasteiger partial charge is 0.238 e. The van der Waals surface area contributed by atoms with Crippen molar-refractivity contribution in [3.8, 4) is 11.6 Å². The first-order valence-electron chi connectivity index (χ1n) is 6.63. The van der Waals surface area contributed by atoms with Crippen LogP contribution in [0, 0.1) is 13.8 Å². The van der Waals surface area contributed by atoms with Gasteiger partial charge in [0.1, 0.15) is 11.4 Å². The van der Waals surface area contributed by atoms with Crippen LogP contribution >= 0.6 is 11.3 Å². The molecule has 0 fully saturated rings. The summed E-state index contributed by atoms with van der Waals surface area (Å²) in [4.78, 5) is 5.34. The molecule has 2 N–H and O–H groups in total. The molecular formula is C15H17N3O2S. The molecule has 0 spiro atoms. The van der Waals surface area contributed by atoms with Crippen LogP contribution in [0.15, 0.2) is 23.7 Å². The van der Waals surface area contributed by atoms with E-state index in [0.29, 0.717) is 18.2 Å². The number of phenols is 1. The molecule has 0 aliphatic rings. The van der Waals surface area contributed by atoms with E-state index in [1.807, 2.05) is 42.0 Å². The summed E-state index contributed by atoms with van der Waals surface area (Å²) >= 11 is 1.57. The standard InChI is InChI=1S/C15H17N3O2S/c1-9-4-5-11(10(2)13(9)19)16-8-12-14(20-3)17-15-18(12)6-7-21-15/h4-7,16,19H,8H2,1-3H3. The molecule has 21 heavy (non-hydrogen) atoms. The van der Waals surface area contributed by atoms with Gasteiger partial charge in [0.2, 0.25) is 5.88 Å². The number of aromatic nitrogens is 2. The van der Waals surface area contributed by atoms with E-state index in [-0.39, 0.29) is 0 Å². The number of rotatable bonds is 4. The second-order valence-electron chi connectivity index (χ2n) is 4.88. The van der Waals surface area contributed by atoms with Crippen molar-refractivity contribution in [2.45, 2.75) is 20.4 Å². The first-order chi connectivity index (χ1) is 10.1. The van der Waals surface area contributed by atoms with Crippen LogP contribution < -0.4 is 10.1 Å². The van der Waals surface area contributed by atoms with Gasteiger partial charge in [-0.1, -0.05) is 6.07 Å². The minimum atomic E-state index is 0.334. The lowest BCUT2D eigenvalue weighted by molar-refractivity contribution is 0.395. The number of hydrogen-bond acceptors (Lipinski definition) is 5. The maximum Gasteiger partial charge on any atom is 0.238 e. The fraction of sp³-hybridized carbons (Fsp3) is 0.267. The van der Waals surface area contributed by atoms with Crippen molar-refractivity contribution >= 4 is 22.0 Å². The maximum atomic E-state index is 10.0. The number of nitrogens with zero attached hydrogens (tertiary/aromatic N) is 2. The van der Waals surface area contributed by atoms with Crippen molar-refractivity contribution in [3.05, 3.63) is 40.5 Å². The molecule has 0 atom stereocenters. The largest absolute Gasteiger partial charge is 0.507 e. The molecule has 3 rings (SSSR count). The van der Waals surface area contributed by atoms with Gasteiger partial charge in [-0.3, -0.25) is 4.40 Å². The number of aryl methyl sites for hydroxylation is 1. The van der Waals surface area contributed by atoms with Gasteiger partial charge in [0.15, 0.2) is 4.96 Å². The SMILES string of the molecule is COc1nc2sccn2c1CNc1ccc(C)c(O)c1C. The number of ether oxygens (including phenoxy) is 1. The minimum Gasteiger partial charge on any atom is -0.507 e. The molecule has 110 valence electrons. The lowest BCUT2D eigenvalue weighted by Gasteiger charge is -2.12. The molecule has 5 nitrogen and oxygen atoms in total. The Kier molecular flexibility index (Phi) is 3.47. The van der Waals surface area contributed by atoms with Gasteiger partial charge in [0, 0.05) is 22.8 Å². The van der Waals surface area contributed by atoms with Crippen molar-refractivity contribution in [1.29, 1.82) is 0 Å². The average Bonchev–Trinajstić information content (AvgIpc) is 3.05. The Morgan fingerprint density at radius 3 is 2.95 bits per heavy atom. The van der Waals surface area contributed by atoms with Crippen molar-refractivity contribution < 1.29 is 9.84 Å². The van der Waals surface area contributed by atoms with Gasteiger partial charge >= 0.3 is 0 Å². The van der Waals surface area contributed by atoms with Gasteiger partial charge in [0.05, 0.1) is 13.7 Å². The van der Waals surface area contributed by atoms with E-state index in [0.717, 1.165) is 27.5 Å². The first kappa shape index (κ1) is 13.8. The fourth-order valence-corrected chi connectivity index (χ4v) is 3.07. The van der Waals surface area contributed by atoms with Crippen LogP contribution in [-0.4, -0.2) is 21.6 Å². The highest BCUT2D eigenvalue weighted by molar-refractivity contribution is 7.15. The summed E-state index contributed by atoms with van der Waals surface area (Å²) in [5, 5.41) is 15.3. The first-order valence-corrected chi connectivity index (χ1v) is 7.51. The number of anilines is 1. The van der Waals surface area contributed by atoms with Crippen LogP contribution in [0.2, 0.25) is 0 Å². The second-order valence-corrected chi connectivity index (χ2v) is 5.75. The van der Waals surface area contributed by atoms with Crippen molar-refractivity contribution in [3.63, 3.8) is 0 Å². The number of phenolic OH excluding ortho intramolecular Hbond substituents is 1. The summed E-state index contributed by atoms with van der Waals surface area (Å²) in [6.07, 6.45) is 1.98. The molecule has 0 saturated heterocycles. The van der Waals surface area contributed by atoms with E-state index < -0.39 is 0 Å². The quantitative estimate of drug-likeness (QED) is 0.776. The summed E-state index contributed by atoms with van der Waals surface area (Å²) in [6.45, 7) is 4.36. The predicted molar refractivity (Wildman–Crippen MR) is 84.5 cm³/mol. The molecule has 3 aromatic rings. The molecule has 0 aliphatic heterocycles. The highest BCUT2D eigenvalue weighted by Crippen LogP contribution is 2.29. The summed E-state index contributed by atoms with van der Waals surface area (Å²) < 4.78 is 7.35. The highest BCUT2D eigenvalue weighted by atomic mass is 32.1. The molecule has 2 heterocycles. The summed E-state index contributed by atoms with van der Waals surface area (Å²) in [5.41, 5.74) is 3.60. The maximum absolute atomic E-state index is 10.0. The molecule has 0 bridgehead atoms. The molecule has 2 aromatic heterocycles. The number of aromatic hydroxyl groups is 1. The van der Waals surface area contributed by atoms with Crippen molar-refractivity contribution in [2.24, 2.45) is 0 Å². The molecule has 0 amide bonds. The normalized spacial score (nSPS) is 11.0. The van der Waals surface area contributed by atoms with Gasteiger partial charge < -0.3 is 15.2 Å². The molecule has 0 unspecified atom stereocenters. The van der Waals surface area contributed by atoms with Gasteiger partial charge in [0.25, 0.3) is 0 Å². The van der Waals surface area contributed by atoms with Gasteiger partial charge in [-0.15, -0.1) is 11.3 Å². The van der Waals surface area contributed by atoms with Gasteiger partial charge in [-0.25, -0.2) is 0 Å². The molecular weight excluding hydrogens is 286 g/mol. The Balaban J connectivity index is 1.90. The minimum absolute atomic E-state index is 0.334. The van der Waals surface area contributed by atoms with Crippen LogP contribution in [0.4, 0.5) is 5.69 Å². The van der Waals surface area contributed by atoms with Crippen LogP contribution in [0.1, 0.15) is 16.8 Å². The number of hydrogen-bond donors (Lipinski definition) is 2. The third kappa shape index (κ3) is 2.31. The lowest BCUT2D eigenvalue weighted by Crippen LogP contribution is -2.05. The third-order valence-corrected chi connectivity index (χ3v) is 4.35. The number of fused-ring (bicyclic) bond motifs is 1. The topological polar surface area (TPSA) is 58.8 Å². The predicted octanol–water partition coefficient (Wildman–Crippen LogP) is 3.34. The van der Waals surface area contributed by atoms with E-state index in [1.54, 1.807) is 18.4 Å². The zero-order valence-corrected chi connectivity index (χ0v) is 13.0. The Morgan fingerprint density at radius 2 is 2.19 bits per heavy atom. The number of methoxy groups -OCH3 is 1. The number of nitrogens with one attached hydrogen (secondary N) is 1. The number of imidazole rings is 1. The third-order valence-electron chi connectivity index (χ3n) is 3.60. The Hall–Kier alpha value is -2.21. The molecule has 0 saturated carbocycles. The van der Waals surface area contributed by atoms with Gasteiger partial charge in [-0.2, -0.15) is 4.98 Å². The molecule has 0 radical (unpaired) electrons. The fourth-order valence-electron chi connectivity index (χ4n) is 2.34. The van der Waals surface area contributed by atoms with E-state index in [2.05, 4.69) is 10.3 Å². The highest BCUT2D eigenvalue weighted by Gasteiger charge is 2.14. The monoisotopic (exact) mass is 303 g/mol. The van der Waals surface area contributed by atoms with Gasteiger partial charge in [-0.05, 0) is 25.5 Å². The van der Waals surface area contributed by atoms with Crippen LogP contribution in [0.25, 0.3) is 4.96 Å². The van der Waals surface area contributed by atoms with Crippen molar-refractivity contribution in [1.82, 2.24) is 9.38 Å². The van der Waals surface area contributed by atoms with Crippen LogP contribution in [0.3, 0.4) is 0 Å². The van der Waals surface area contributed by atoms with E-state index in [4.69, 9.17) is 4.74 Å². The summed E-state index contributed by atoms with van der Waals surface area (Å²) in [5.74, 6) is 0.962. The van der Waals surface area contributed by atoms with E-state index in [1.165, 1.54) is 0 Å². The average molecular weight is 303 g/mol. The Bertz CT molecular complexity index is 792. The Labute approximate surface area is 126 Å². The van der Waals surface area contributed by atoms with E-state index in [9.17, 15) is 5.11 Å². The second kappa shape index (κ2) is 5.29. The number of benzene rings is 1. The molecule has 1 aromatic carbocycles. The number of thiazole rings is 1. The molecule has 0 aliphatic carbocycles. The summed E-state index contributed by atoms with van der Waals surface area (Å²) in [6, 6.07) is 3.88.